The normalized spacial score (nSPS) is 13.4. The van der Waals surface area contributed by atoms with E-state index in [0.717, 1.165) is 34.5 Å². The SMILES string of the molecule is O=C(CSc1nnc(Cc2ccccc2)o1)Nc1ccc(N2CCN(C(=O)c3ccc(Br)cc3)CC2)cc1. The summed E-state index contributed by atoms with van der Waals surface area (Å²) in [4.78, 5) is 29.3. The van der Waals surface area contributed by atoms with Crippen LogP contribution in [0.25, 0.3) is 0 Å². The monoisotopic (exact) mass is 591 g/mol. The van der Waals surface area contributed by atoms with E-state index in [9.17, 15) is 9.59 Å². The number of piperazine rings is 1. The number of carbonyl (C=O) groups excluding carboxylic acids is 2. The van der Waals surface area contributed by atoms with Crippen LogP contribution in [0.2, 0.25) is 0 Å². The van der Waals surface area contributed by atoms with Gasteiger partial charge in [-0.1, -0.05) is 58.0 Å². The van der Waals surface area contributed by atoms with Crippen LogP contribution in [-0.2, 0) is 11.2 Å². The van der Waals surface area contributed by atoms with Crippen molar-refractivity contribution < 1.29 is 14.0 Å². The first-order valence-electron chi connectivity index (χ1n) is 12.2. The minimum Gasteiger partial charge on any atom is -0.416 e. The molecule has 5 rings (SSSR count). The molecule has 0 saturated carbocycles. The van der Waals surface area contributed by atoms with E-state index >= 15 is 0 Å². The molecule has 1 saturated heterocycles. The molecule has 2 amide bonds. The van der Waals surface area contributed by atoms with Crippen LogP contribution in [-0.4, -0.2) is 58.8 Å². The number of anilines is 2. The Kier molecular flexibility index (Phi) is 8.40. The highest BCUT2D eigenvalue weighted by Gasteiger charge is 2.22. The Labute approximate surface area is 233 Å². The molecule has 194 valence electrons. The zero-order valence-corrected chi connectivity index (χ0v) is 23.0. The Morgan fingerprint density at radius 1 is 0.895 bits per heavy atom. The zero-order chi connectivity index (χ0) is 26.3. The van der Waals surface area contributed by atoms with Crippen molar-refractivity contribution in [1.29, 1.82) is 0 Å². The molecule has 0 spiro atoms. The van der Waals surface area contributed by atoms with Crippen LogP contribution in [0.3, 0.4) is 0 Å². The zero-order valence-electron chi connectivity index (χ0n) is 20.5. The molecule has 3 aromatic carbocycles. The van der Waals surface area contributed by atoms with E-state index in [1.807, 2.05) is 83.8 Å². The van der Waals surface area contributed by atoms with E-state index in [1.165, 1.54) is 11.8 Å². The Bertz CT molecular complexity index is 1370. The highest BCUT2D eigenvalue weighted by molar-refractivity contribution is 9.10. The van der Waals surface area contributed by atoms with Crippen LogP contribution in [0.15, 0.2) is 93.0 Å². The summed E-state index contributed by atoms with van der Waals surface area (Å²) < 4.78 is 6.61. The molecule has 1 fully saturated rings. The lowest BCUT2D eigenvalue weighted by Crippen LogP contribution is -2.48. The molecule has 1 N–H and O–H groups in total. The lowest BCUT2D eigenvalue weighted by Gasteiger charge is -2.36. The average molecular weight is 593 g/mol. The van der Waals surface area contributed by atoms with Crippen molar-refractivity contribution >= 4 is 50.9 Å². The van der Waals surface area contributed by atoms with Gasteiger partial charge in [0.1, 0.15) is 0 Å². The number of hydrogen-bond donors (Lipinski definition) is 1. The highest BCUT2D eigenvalue weighted by atomic mass is 79.9. The van der Waals surface area contributed by atoms with E-state index < -0.39 is 0 Å². The second-order valence-electron chi connectivity index (χ2n) is 8.79. The van der Waals surface area contributed by atoms with Gasteiger partial charge < -0.3 is 19.5 Å². The Morgan fingerprint density at radius 2 is 1.61 bits per heavy atom. The molecule has 1 aromatic heterocycles. The number of nitrogens with zero attached hydrogens (tertiary/aromatic N) is 4. The fourth-order valence-corrected chi connectivity index (χ4v) is 5.01. The fourth-order valence-electron chi connectivity index (χ4n) is 4.16. The van der Waals surface area contributed by atoms with Crippen molar-refractivity contribution in [2.75, 3.05) is 42.1 Å². The maximum absolute atomic E-state index is 12.8. The van der Waals surface area contributed by atoms with E-state index in [-0.39, 0.29) is 17.6 Å². The van der Waals surface area contributed by atoms with Gasteiger partial charge in [-0.15, -0.1) is 10.2 Å². The smallest absolute Gasteiger partial charge is 0.277 e. The third kappa shape index (κ3) is 6.81. The number of carbonyl (C=O) groups is 2. The summed E-state index contributed by atoms with van der Waals surface area (Å²) >= 11 is 4.62. The van der Waals surface area contributed by atoms with E-state index in [2.05, 4.69) is 36.3 Å². The van der Waals surface area contributed by atoms with Crippen molar-refractivity contribution in [3.05, 3.63) is 100 Å². The maximum atomic E-state index is 12.8. The summed E-state index contributed by atoms with van der Waals surface area (Å²) in [6.45, 7) is 2.82. The minimum absolute atomic E-state index is 0.0565. The number of benzene rings is 3. The van der Waals surface area contributed by atoms with Crippen LogP contribution in [0.5, 0.6) is 0 Å². The first-order chi connectivity index (χ1) is 18.5. The molecule has 2 heterocycles. The van der Waals surface area contributed by atoms with Gasteiger partial charge in [-0.2, -0.15) is 0 Å². The molecule has 1 aliphatic heterocycles. The number of halogens is 1. The van der Waals surface area contributed by atoms with Gasteiger partial charge in [0.15, 0.2) is 0 Å². The van der Waals surface area contributed by atoms with Gasteiger partial charge >= 0.3 is 0 Å². The van der Waals surface area contributed by atoms with Gasteiger partial charge in [0.05, 0.1) is 12.2 Å². The third-order valence-corrected chi connectivity index (χ3v) is 7.49. The number of amides is 2. The van der Waals surface area contributed by atoms with Crippen molar-refractivity contribution in [2.45, 2.75) is 11.6 Å². The first-order valence-corrected chi connectivity index (χ1v) is 14.0. The molecule has 0 atom stereocenters. The van der Waals surface area contributed by atoms with Gasteiger partial charge in [-0.3, -0.25) is 9.59 Å². The lowest BCUT2D eigenvalue weighted by molar-refractivity contribution is -0.113. The summed E-state index contributed by atoms with van der Waals surface area (Å²) in [7, 11) is 0. The number of hydrogen-bond acceptors (Lipinski definition) is 7. The van der Waals surface area contributed by atoms with Crippen molar-refractivity contribution in [2.24, 2.45) is 0 Å². The lowest BCUT2D eigenvalue weighted by atomic mass is 10.1. The molecule has 0 aliphatic carbocycles. The van der Waals surface area contributed by atoms with Gasteiger partial charge in [-0.05, 0) is 54.1 Å². The van der Waals surface area contributed by atoms with Crippen molar-refractivity contribution in [1.82, 2.24) is 15.1 Å². The molecule has 0 bridgehead atoms. The Hall–Kier alpha value is -3.63. The average Bonchev–Trinajstić information content (AvgIpc) is 3.40. The van der Waals surface area contributed by atoms with E-state index in [0.29, 0.717) is 36.2 Å². The first kappa shape index (κ1) is 26.0. The minimum atomic E-state index is -0.148. The van der Waals surface area contributed by atoms with Crippen molar-refractivity contribution in [3.8, 4) is 0 Å². The van der Waals surface area contributed by atoms with Crippen LogP contribution < -0.4 is 10.2 Å². The van der Waals surface area contributed by atoms with Crippen LogP contribution in [0, 0.1) is 0 Å². The number of nitrogens with one attached hydrogen (secondary N) is 1. The maximum Gasteiger partial charge on any atom is 0.277 e. The van der Waals surface area contributed by atoms with Gasteiger partial charge in [-0.25, -0.2) is 0 Å². The molecule has 38 heavy (non-hydrogen) atoms. The van der Waals surface area contributed by atoms with Crippen LogP contribution in [0.1, 0.15) is 21.8 Å². The quantitative estimate of drug-likeness (QED) is 0.284. The molecular formula is C28H26BrN5O3S. The summed E-state index contributed by atoms with van der Waals surface area (Å²) in [5.74, 6) is 0.600. The molecule has 10 heteroatoms. The van der Waals surface area contributed by atoms with Crippen molar-refractivity contribution in [3.63, 3.8) is 0 Å². The number of rotatable bonds is 8. The second kappa shape index (κ2) is 12.3. The van der Waals surface area contributed by atoms with Crippen LogP contribution >= 0.6 is 27.7 Å². The predicted octanol–water partition coefficient (Wildman–Crippen LogP) is 5.12. The van der Waals surface area contributed by atoms with E-state index in [4.69, 9.17) is 4.42 Å². The second-order valence-corrected chi connectivity index (χ2v) is 10.6. The molecule has 1 aliphatic rings. The van der Waals surface area contributed by atoms with Gasteiger partial charge in [0.2, 0.25) is 11.8 Å². The number of aromatic nitrogens is 2. The van der Waals surface area contributed by atoms with E-state index in [1.54, 1.807) is 0 Å². The topological polar surface area (TPSA) is 91.6 Å². The summed E-state index contributed by atoms with van der Waals surface area (Å²) in [5.41, 5.74) is 3.57. The van der Waals surface area contributed by atoms with Crippen LogP contribution in [0.4, 0.5) is 11.4 Å². The third-order valence-electron chi connectivity index (χ3n) is 6.15. The summed E-state index contributed by atoms with van der Waals surface area (Å²) in [6.07, 6.45) is 0.559. The molecular weight excluding hydrogens is 566 g/mol. The molecule has 4 aromatic rings. The Morgan fingerprint density at radius 3 is 2.32 bits per heavy atom. The fraction of sp³-hybridized carbons (Fsp3) is 0.214. The Balaban J connectivity index is 1.06. The summed E-state index contributed by atoms with van der Waals surface area (Å²) in [6, 6.07) is 25.1. The molecule has 8 nitrogen and oxygen atoms in total. The standard InChI is InChI=1S/C28H26BrN5O3S/c29-22-8-6-21(7-9-22)27(36)34-16-14-33(15-17-34)24-12-10-23(11-13-24)30-25(35)19-38-28-32-31-26(37-28)18-20-4-2-1-3-5-20/h1-13H,14-19H2,(H,30,35). The predicted molar refractivity (Wildman–Crippen MR) is 152 cm³/mol. The highest BCUT2D eigenvalue weighted by Crippen LogP contribution is 2.22. The van der Waals surface area contributed by atoms with Gasteiger partial charge in [0, 0.05) is 47.6 Å². The largest absolute Gasteiger partial charge is 0.416 e. The number of thioether (sulfide) groups is 1. The molecule has 0 radical (unpaired) electrons. The van der Waals surface area contributed by atoms with Gasteiger partial charge in [0.25, 0.3) is 11.1 Å². The summed E-state index contributed by atoms with van der Waals surface area (Å²) in [5, 5.41) is 11.4. The molecule has 0 unspecified atom stereocenters.